The van der Waals surface area contributed by atoms with E-state index in [0.717, 1.165) is 6.42 Å². The number of nitrogens with one attached hydrogen (secondary N) is 1. The van der Waals surface area contributed by atoms with Crippen LogP contribution in [0.25, 0.3) is 0 Å². The van der Waals surface area contributed by atoms with Gasteiger partial charge in [-0.2, -0.15) is 24.9 Å². The highest BCUT2D eigenvalue weighted by Gasteiger charge is 2.28. The van der Waals surface area contributed by atoms with E-state index in [4.69, 9.17) is 0 Å². The van der Waals surface area contributed by atoms with Gasteiger partial charge in [0.2, 0.25) is 0 Å². The molecular formula is C10H18F3NOS. The van der Waals surface area contributed by atoms with Crippen LogP contribution in [-0.2, 0) is 4.74 Å². The van der Waals surface area contributed by atoms with Gasteiger partial charge in [-0.25, -0.2) is 0 Å². The Labute approximate surface area is 98.3 Å². The molecule has 2 unspecified atom stereocenters. The van der Waals surface area contributed by atoms with Gasteiger partial charge in [0.1, 0.15) is 6.61 Å². The summed E-state index contributed by atoms with van der Waals surface area (Å²) in [6.45, 7) is -0.528. The van der Waals surface area contributed by atoms with Crippen LogP contribution in [0.1, 0.15) is 19.3 Å². The lowest BCUT2D eigenvalue weighted by Gasteiger charge is -2.19. The topological polar surface area (TPSA) is 21.3 Å². The Bertz CT molecular complexity index is 201. The van der Waals surface area contributed by atoms with Crippen molar-refractivity contribution < 1.29 is 17.9 Å². The summed E-state index contributed by atoms with van der Waals surface area (Å²) in [6, 6.07) is 0.435. The van der Waals surface area contributed by atoms with E-state index in [1.54, 1.807) is 0 Å². The van der Waals surface area contributed by atoms with Crippen LogP contribution in [-0.4, -0.2) is 43.5 Å². The summed E-state index contributed by atoms with van der Waals surface area (Å²) in [5, 5.41) is 3.86. The lowest BCUT2D eigenvalue weighted by molar-refractivity contribution is -0.173. The van der Waals surface area contributed by atoms with E-state index < -0.39 is 12.8 Å². The lowest BCUT2D eigenvalue weighted by Crippen LogP contribution is -2.36. The first-order valence-electron chi connectivity index (χ1n) is 5.43. The first-order chi connectivity index (χ1) is 7.53. The molecule has 0 aromatic heterocycles. The molecule has 0 aliphatic heterocycles. The van der Waals surface area contributed by atoms with Gasteiger partial charge in [0.05, 0.1) is 6.61 Å². The Hall–Kier alpha value is 0.0600. The molecule has 6 heteroatoms. The maximum Gasteiger partial charge on any atom is 0.411 e. The van der Waals surface area contributed by atoms with Crippen LogP contribution in [0.4, 0.5) is 13.2 Å². The molecule has 0 bridgehead atoms. The van der Waals surface area contributed by atoms with Crippen molar-refractivity contribution in [3.8, 4) is 0 Å². The summed E-state index contributed by atoms with van der Waals surface area (Å²) in [4.78, 5) is 0. The predicted molar refractivity (Wildman–Crippen MR) is 59.8 cm³/mol. The summed E-state index contributed by atoms with van der Waals surface area (Å²) in [5.74, 6) is 0. The highest BCUT2D eigenvalue weighted by atomic mass is 32.2. The van der Waals surface area contributed by atoms with Crippen molar-refractivity contribution in [2.24, 2.45) is 0 Å². The van der Waals surface area contributed by atoms with Crippen molar-refractivity contribution in [1.82, 2.24) is 5.32 Å². The Morgan fingerprint density at radius 1 is 1.38 bits per heavy atom. The van der Waals surface area contributed by atoms with Gasteiger partial charge in [-0.3, -0.25) is 0 Å². The number of hydrogen-bond donors (Lipinski definition) is 1. The molecule has 1 aliphatic rings. The van der Waals surface area contributed by atoms with Crippen molar-refractivity contribution in [3.05, 3.63) is 0 Å². The molecule has 0 radical (unpaired) electrons. The number of thioether (sulfide) groups is 1. The lowest BCUT2D eigenvalue weighted by atomic mass is 10.2. The first-order valence-corrected chi connectivity index (χ1v) is 6.72. The maximum atomic E-state index is 11.8. The molecule has 1 saturated carbocycles. The average molecular weight is 257 g/mol. The summed E-state index contributed by atoms with van der Waals surface area (Å²) >= 11 is 1.83. The van der Waals surface area contributed by atoms with Crippen molar-refractivity contribution in [3.63, 3.8) is 0 Å². The average Bonchev–Trinajstić information content (AvgIpc) is 2.63. The van der Waals surface area contributed by atoms with Crippen LogP contribution in [0, 0.1) is 0 Å². The van der Waals surface area contributed by atoms with Crippen molar-refractivity contribution in [2.75, 3.05) is 26.0 Å². The zero-order valence-corrected chi connectivity index (χ0v) is 10.2. The van der Waals surface area contributed by atoms with Crippen LogP contribution in [0.5, 0.6) is 0 Å². The monoisotopic (exact) mass is 257 g/mol. The normalized spacial score (nSPS) is 26.2. The highest BCUT2D eigenvalue weighted by Crippen LogP contribution is 2.28. The fraction of sp³-hybridized carbons (Fsp3) is 1.00. The molecule has 1 aliphatic carbocycles. The van der Waals surface area contributed by atoms with Crippen molar-refractivity contribution in [1.29, 1.82) is 0 Å². The Morgan fingerprint density at radius 2 is 2.12 bits per heavy atom. The van der Waals surface area contributed by atoms with Crippen LogP contribution >= 0.6 is 11.8 Å². The minimum Gasteiger partial charge on any atom is -0.371 e. The van der Waals surface area contributed by atoms with E-state index in [1.165, 1.54) is 12.8 Å². The third-order valence-corrected chi connectivity index (χ3v) is 3.84. The predicted octanol–water partition coefficient (Wildman–Crippen LogP) is 2.44. The van der Waals surface area contributed by atoms with Crippen molar-refractivity contribution in [2.45, 2.75) is 36.7 Å². The van der Waals surface area contributed by atoms with E-state index >= 15 is 0 Å². The Kier molecular flexibility index (Phi) is 5.92. The number of halogens is 3. The molecule has 16 heavy (non-hydrogen) atoms. The van der Waals surface area contributed by atoms with E-state index in [-0.39, 0.29) is 6.61 Å². The van der Waals surface area contributed by atoms with Gasteiger partial charge < -0.3 is 10.1 Å². The third kappa shape index (κ3) is 5.41. The summed E-state index contributed by atoms with van der Waals surface area (Å²) in [6.07, 6.45) is 1.37. The molecule has 2 atom stereocenters. The van der Waals surface area contributed by atoms with Gasteiger partial charge in [0, 0.05) is 17.8 Å². The fourth-order valence-corrected chi connectivity index (χ4v) is 2.91. The molecule has 1 fully saturated rings. The molecule has 96 valence electrons. The van der Waals surface area contributed by atoms with E-state index in [0.29, 0.717) is 17.8 Å². The second-order valence-electron chi connectivity index (χ2n) is 3.93. The number of rotatable bonds is 6. The SMILES string of the molecule is CSC1CCCC1NCCOCC(F)(F)F. The zero-order chi connectivity index (χ0) is 12.0. The van der Waals surface area contributed by atoms with Gasteiger partial charge in [-0.15, -0.1) is 0 Å². The van der Waals surface area contributed by atoms with Crippen LogP contribution in [0.2, 0.25) is 0 Å². The van der Waals surface area contributed by atoms with Gasteiger partial charge in [-0.1, -0.05) is 6.42 Å². The second kappa shape index (κ2) is 6.71. The summed E-state index contributed by atoms with van der Waals surface area (Å²) < 4.78 is 39.8. The van der Waals surface area contributed by atoms with Gasteiger partial charge in [-0.05, 0) is 19.1 Å². The summed E-state index contributed by atoms with van der Waals surface area (Å²) in [7, 11) is 0. The van der Waals surface area contributed by atoms with E-state index in [9.17, 15) is 13.2 Å². The largest absolute Gasteiger partial charge is 0.411 e. The minimum atomic E-state index is -4.21. The third-order valence-electron chi connectivity index (χ3n) is 2.67. The van der Waals surface area contributed by atoms with Crippen LogP contribution in [0.3, 0.4) is 0 Å². The van der Waals surface area contributed by atoms with Crippen molar-refractivity contribution >= 4 is 11.8 Å². The smallest absolute Gasteiger partial charge is 0.371 e. The van der Waals surface area contributed by atoms with Crippen LogP contribution < -0.4 is 5.32 Å². The highest BCUT2D eigenvalue weighted by molar-refractivity contribution is 7.99. The molecule has 0 aromatic rings. The molecule has 0 aromatic carbocycles. The minimum absolute atomic E-state index is 0.122. The summed E-state index contributed by atoms with van der Waals surface area (Å²) in [5.41, 5.74) is 0. The number of ether oxygens (including phenoxy) is 1. The Balaban J connectivity index is 2.03. The second-order valence-corrected chi connectivity index (χ2v) is 5.01. The molecule has 0 amide bonds. The zero-order valence-electron chi connectivity index (χ0n) is 9.35. The number of alkyl halides is 3. The van der Waals surface area contributed by atoms with Gasteiger partial charge in [0.15, 0.2) is 0 Å². The molecule has 0 saturated heterocycles. The molecule has 0 spiro atoms. The first kappa shape index (κ1) is 14.1. The quantitative estimate of drug-likeness (QED) is 0.738. The molecule has 1 N–H and O–H groups in total. The number of hydrogen-bond acceptors (Lipinski definition) is 3. The standard InChI is InChI=1S/C10H18F3NOS/c1-16-9-4-2-3-8(9)14-5-6-15-7-10(11,12)13/h8-9,14H,2-7H2,1H3. The van der Waals surface area contributed by atoms with Gasteiger partial charge in [0.25, 0.3) is 0 Å². The molecular weight excluding hydrogens is 239 g/mol. The molecule has 1 rings (SSSR count). The molecule has 0 heterocycles. The van der Waals surface area contributed by atoms with Crippen LogP contribution in [0.15, 0.2) is 0 Å². The Morgan fingerprint density at radius 3 is 2.75 bits per heavy atom. The van der Waals surface area contributed by atoms with Gasteiger partial charge >= 0.3 is 6.18 Å². The maximum absolute atomic E-state index is 11.8. The van der Waals surface area contributed by atoms with E-state index in [1.807, 2.05) is 11.8 Å². The molecule has 2 nitrogen and oxygen atoms in total. The van der Waals surface area contributed by atoms with E-state index in [2.05, 4.69) is 16.3 Å². The fourth-order valence-electron chi connectivity index (χ4n) is 1.95.